The van der Waals surface area contributed by atoms with E-state index < -0.39 is 4.32 Å². The number of carbonyl (C=O) groups is 1. The Bertz CT molecular complexity index is 489. The molecule has 1 fully saturated rings. The average molecular weight is 385 g/mol. The predicted octanol–water partition coefficient (Wildman–Crippen LogP) is 3.86. The number of rotatable bonds is 7. The molecule has 0 amide bonds. The molecule has 0 radical (unpaired) electrons. The number of alkyl halides is 1. The molecule has 5 heteroatoms. The van der Waals surface area contributed by atoms with Gasteiger partial charge in [0.2, 0.25) is 0 Å². The van der Waals surface area contributed by atoms with E-state index in [4.69, 9.17) is 14.2 Å². The third-order valence-electron chi connectivity index (χ3n) is 4.23. The number of benzene rings is 1. The third-order valence-corrected chi connectivity index (χ3v) is 5.07. The second-order valence-corrected chi connectivity index (χ2v) is 7.72. The normalized spacial score (nSPS) is 24.0. The zero-order valence-corrected chi connectivity index (χ0v) is 15.4. The van der Waals surface area contributed by atoms with E-state index in [2.05, 4.69) is 28.1 Å². The molecule has 1 heterocycles. The summed E-state index contributed by atoms with van der Waals surface area (Å²) in [6, 6.07) is 10.1. The van der Waals surface area contributed by atoms with E-state index in [0.717, 1.165) is 25.7 Å². The van der Waals surface area contributed by atoms with E-state index in [9.17, 15) is 4.79 Å². The number of methoxy groups -OCH3 is 1. The maximum atomic E-state index is 11.9. The lowest BCUT2D eigenvalue weighted by Crippen LogP contribution is -2.47. The summed E-state index contributed by atoms with van der Waals surface area (Å²) in [6.07, 6.45) is 3.72. The number of hydrogen-bond acceptors (Lipinski definition) is 4. The Hall–Kier alpha value is -0.910. The Labute approximate surface area is 146 Å². The largest absolute Gasteiger partial charge is 0.468 e. The highest BCUT2D eigenvalue weighted by Gasteiger charge is 2.43. The molecule has 4 nitrogen and oxygen atoms in total. The zero-order chi connectivity index (χ0) is 16.7. The molecule has 1 aliphatic rings. The van der Waals surface area contributed by atoms with Crippen molar-refractivity contribution in [1.29, 1.82) is 0 Å². The van der Waals surface area contributed by atoms with Gasteiger partial charge < -0.3 is 14.2 Å². The second kappa shape index (κ2) is 8.81. The summed E-state index contributed by atoms with van der Waals surface area (Å²) in [5.74, 6) is -0.288. The molecule has 23 heavy (non-hydrogen) atoms. The fourth-order valence-corrected chi connectivity index (χ4v) is 3.32. The lowest BCUT2D eigenvalue weighted by Gasteiger charge is -2.37. The molecule has 3 atom stereocenters. The molecule has 0 bridgehead atoms. The number of ether oxygens (including phenoxy) is 3. The molecule has 0 aliphatic carbocycles. The Morgan fingerprint density at radius 3 is 2.78 bits per heavy atom. The third kappa shape index (κ3) is 5.30. The number of halogens is 1. The molecule has 128 valence electrons. The van der Waals surface area contributed by atoms with Crippen LogP contribution in [0.5, 0.6) is 0 Å². The van der Waals surface area contributed by atoms with Crippen molar-refractivity contribution in [2.24, 2.45) is 0 Å². The molecule has 2 rings (SSSR count). The minimum Gasteiger partial charge on any atom is -0.468 e. The number of carbonyl (C=O) groups excluding carboxylic acids is 1. The van der Waals surface area contributed by atoms with Crippen LogP contribution in [0.4, 0.5) is 0 Å². The van der Waals surface area contributed by atoms with Crippen molar-refractivity contribution in [3.05, 3.63) is 35.9 Å². The van der Waals surface area contributed by atoms with E-state index in [1.54, 1.807) is 0 Å². The maximum absolute atomic E-state index is 11.9. The molecule has 1 unspecified atom stereocenters. The van der Waals surface area contributed by atoms with E-state index in [-0.39, 0.29) is 18.2 Å². The molecule has 0 aromatic heterocycles. The monoisotopic (exact) mass is 384 g/mol. The quantitative estimate of drug-likeness (QED) is 0.406. The van der Waals surface area contributed by atoms with Crippen LogP contribution < -0.4 is 0 Å². The van der Waals surface area contributed by atoms with Crippen LogP contribution in [0.15, 0.2) is 30.3 Å². The van der Waals surface area contributed by atoms with E-state index in [1.807, 2.05) is 25.1 Å². The Kier molecular flexibility index (Phi) is 7.06. The van der Waals surface area contributed by atoms with Crippen molar-refractivity contribution in [1.82, 2.24) is 0 Å². The van der Waals surface area contributed by atoms with Crippen LogP contribution in [0.25, 0.3) is 0 Å². The molecular weight excluding hydrogens is 360 g/mol. The standard InChI is InChI=1S/C18H25BrO4/c1-18(19,17(20)21-2)16-10-6-9-15(23-16)11-12-22-13-14-7-4-3-5-8-14/h3-5,7-8,15-16H,6,9-13H2,1-2H3/t15-,16-,18?/m0/s1. The van der Waals surface area contributed by atoms with Gasteiger partial charge in [-0.2, -0.15) is 0 Å². The molecule has 1 saturated heterocycles. The molecule has 0 saturated carbocycles. The predicted molar refractivity (Wildman–Crippen MR) is 92.6 cm³/mol. The Morgan fingerprint density at radius 1 is 1.35 bits per heavy atom. The molecular formula is C18H25BrO4. The van der Waals surface area contributed by atoms with Gasteiger partial charge in [0.15, 0.2) is 0 Å². The van der Waals surface area contributed by atoms with Crippen molar-refractivity contribution in [2.75, 3.05) is 13.7 Å². The van der Waals surface area contributed by atoms with Gasteiger partial charge in [0, 0.05) is 6.61 Å². The van der Waals surface area contributed by atoms with Gasteiger partial charge in [0.05, 0.1) is 25.9 Å². The minimum atomic E-state index is -0.786. The summed E-state index contributed by atoms with van der Waals surface area (Å²) < 4.78 is 15.9. The summed E-state index contributed by atoms with van der Waals surface area (Å²) in [7, 11) is 1.40. The van der Waals surface area contributed by atoms with Crippen molar-refractivity contribution in [2.45, 2.75) is 55.7 Å². The van der Waals surface area contributed by atoms with Crippen molar-refractivity contribution < 1.29 is 19.0 Å². The van der Waals surface area contributed by atoms with Gasteiger partial charge in [-0.05, 0) is 38.2 Å². The van der Waals surface area contributed by atoms with E-state index in [1.165, 1.54) is 12.7 Å². The first kappa shape index (κ1) is 18.4. The zero-order valence-electron chi connectivity index (χ0n) is 13.8. The van der Waals surface area contributed by atoms with Gasteiger partial charge >= 0.3 is 5.97 Å². The van der Waals surface area contributed by atoms with Crippen LogP contribution in [0.3, 0.4) is 0 Å². The number of esters is 1. The van der Waals surface area contributed by atoms with E-state index in [0.29, 0.717) is 13.2 Å². The molecule has 1 aromatic carbocycles. The van der Waals surface area contributed by atoms with Gasteiger partial charge in [-0.3, -0.25) is 4.79 Å². The van der Waals surface area contributed by atoms with Gasteiger partial charge in [-0.15, -0.1) is 0 Å². The van der Waals surface area contributed by atoms with Crippen molar-refractivity contribution in [3.8, 4) is 0 Å². The molecule has 1 aromatic rings. The van der Waals surface area contributed by atoms with Crippen LogP contribution in [0.1, 0.15) is 38.2 Å². The van der Waals surface area contributed by atoms with Crippen LogP contribution in [0, 0.1) is 0 Å². The smallest absolute Gasteiger partial charge is 0.325 e. The first-order chi connectivity index (χ1) is 11.0. The van der Waals surface area contributed by atoms with Crippen LogP contribution in [-0.2, 0) is 25.6 Å². The van der Waals surface area contributed by atoms with Crippen LogP contribution in [0.2, 0.25) is 0 Å². The summed E-state index contributed by atoms with van der Waals surface area (Å²) in [5.41, 5.74) is 1.17. The SMILES string of the molecule is COC(=O)C(C)(Br)[C@@H]1CCC[C@@H](CCOCc2ccccc2)O1. The maximum Gasteiger partial charge on any atom is 0.325 e. The number of hydrogen-bond donors (Lipinski definition) is 0. The van der Waals surface area contributed by atoms with Gasteiger partial charge in [0.1, 0.15) is 4.32 Å². The molecule has 0 N–H and O–H groups in total. The first-order valence-corrected chi connectivity index (χ1v) is 8.87. The Morgan fingerprint density at radius 2 is 2.09 bits per heavy atom. The molecule has 0 spiro atoms. The lowest BCUT2D eigenvalue weighted by atomic mass is 9.94. The lowest BCUT2D eigenvalue weighted by molar-refractivity contribution is -0.151. The van der Waals surface area contributed by atoms with Crippen molar-refractivity contribution >= 4 is 21.9 Å². The Balaban J connectivity index is 1.75. The molecule has 1 aliphatic heterocycles. The summed E-state index contributed by atoms with van der Waals surface area (Å²) in [5, 5.41) is 0. The van der Waals surface area contributed by atoms with Crippen molar-refractivity contribution in [3.63, 3.8) is 0 Å². The summed E-state index contributed by atoms with van der Waals surface area (Å²) in [4.78, 5) is 11.9. The fourth-order valence-electron chi connectivity index (χ4n) is 2.82. The minimum absolute atomic E-state index is 0.131. The fraction of sp³-hybridized carbons (Fsp3) is 0.611. The topological polar surface area (TPSA) is 44.8 Å². The van der Waals surface area contributed by atoms with Gasteiger partial charge in [-0.25, -0.2) is 0 Å². The van der Waals surface area contributed by atoms with Gasteiger partial charge in [0.25, 0.3) is 0 Å². The average Bonchev–Trinajstić information content (AvgIpc) is 2.59. The van der Waals surface area contributed by atoms with E-state index >= 15 is 0 Å². The first-order valence-electron chi connectivity index (χ1n) is 8.08. The summed E-state index contributed by atoms with van der Waals surface area (Å²) >= 11 is 3.48. The van der Waals surface area contributed by atoms with Crippen LogP contribution >= 0.6 is 15.9 Å². The second-order valence-electron chi connectivity index (χ2n) is 6.07. The highest BCUT2D eigenvalue weighted by Crippen LogP contribution is 2.34. The van der Waals surface area contributed by atoms with Gasteiger partial charge in [-0.1, -0.05) is 46.3 Å². The van der Waals surface area contributed by atoms with Crippen LogP contribution in [-0.4, -0.2) is 36.2 Å². The highest BCUT2D eigenvalue weighted by atomic mass is 79.9. The summed E-state index contributed by atoms with van der Waals surface area (Å²) in [6.45, 7) is 3.09. The highest BCUT2D eigenvalue weighted by molar-refractivity contribution is 9.10.